The molecule has 72 valence electrons. The van der Waals surface area contributed by atoms with E-state index in [1.54, 1.807) is 0 Å². The fourth-order valence-electron chi connectivity index (χ4n) is 1.28. The van der Waals surface area contributed by atoms with Crippen molar-refractivity contribution in [1.82, 2.24) is 0 Å². The molecular formula is C11H10INO. The van der Waals surface area contributed by atoms with Crippen molar-refractivity contribution in [3.63, 3.8) is 0 Å². The molecule has 0 N–H and O–H groups in total. The minimum Gasteiger partial charge on any atom is -0.467 e. The van der Waals surface area contributed by atoms with E-state index in [-0.39, 0.29) is 6.10 Å². The Bertz CT molecular complexity index is 372. The highest BCUT2D eigenvalue weighted by atomic mass is 127. The zero-order valence-electron chi connectivity index (χ0n) is 7.61. The molecule has 0 bridgehead atoms. The van der Waals surface area contributed by atoms with E-state index in [1.165, 1.54) is 0 Å². The molecule has 1 aliphatic rings. The summed E-state index contributed by atoms with van der Waals surface area (Å²) in [7, 11) is 0. The van der Waals surface area contributed by atoms with Gasteiger partial charge < -0.3 is 4.74 Å². The maximum Gasteiger partial charge on any atom is 0.216 e. The van der Waals surface area contributed by atoms with Crippen molar-refractivity contribution in [2.75, 3.05) is 6.54 Å². The van der Waals surface area contributed by atoms with Crippen molar-refractivity contribution in [3.8, 4) is 0 Å². The number of hydrogen-bond acceptors (Lipinski definition) is 2. The van der Waals surface area contributed by atoms with E-state index in [4.69, 9.17) is 4.74 Å². The van der Waals surface area contributed by atoms with Gasteiger partial charge in [0, 0.05) is 9.14 Å². The number of ether oxygens (including phenoxy) is 1. The van der Waals surface area contributed by atoms with Gasteiger partial charge in [-0.1, -0.05) is 24.8 Å². The number of hydrogen-bond donors (Lipinski definition) is 0. The second-order valence-electron chi connectivity index (χ2n) is 3.07. The fraction of sp³-hybridized carbons (Fsp3) is 0.182. The largest absolute Gasteiger partial charge is 0.467 e. The molecule has 0 radical (unpaired) electrons. The quantitative estimate of drug-likeness (QED) is 0.770. The lowest BCUT2D eigenvalue weighted by Crippen LogP contribution is -2.12. The van der Waals surface area contributed by atoms with Gasteiger partial charge in [0.1, 0.15) is 0 Å². The number of aliphatic imine (C=N–C) groups is 1. The molecule has 0 unspecified atom stereocenters. The smallest absolute Gasteiger partial charge is 0.216 e. The van der Waals surface area contributed by atoms with Crippen molar-refractivity contribution >= 4 is 28.5 Å². The van der Waals surface area contributed by atoms with Crippen LogP contribution in [0.25, 0.3) is 0 Å². The summed E-state index contributed by atoms with van der Waals surface area (Å²) in [4.78, 5) is 4.34. The molecule has 0 saturated carbocycles. The Kier molecular flexibility index (Phi) is 2.86. The molecule has 0 saturated heterocycles. The number of benzene rings is 1. The lowest BCUT2D eigenvalue weighted by Gasteiger charge is -2.08. The zero-order chi connectivity index (χ0) is 9.97. The Morgan fingerprint density at radius 3 is 2.71 bits per heavy atom. The third kappa shape index (κ3) is 1.97. The van der Waals surface area contributed by atoms with Crippen molar-refractivity contribution in [3.05, 3.63) is 46.1 Å². The predicted octanol–water partition coefficient (Wildman–Crippen LogP) is 2.78. The minimum atomic E-state index is 0.0470. The molecule has 0 aromatic heterocycles. The first-order chi connectivity index (χ1) is 6.77. The van der Waals surface area contributed by atoms with Crippen LogP contribution in [0.4, 0.5) is 0 Å². The van der Waals surface area contributed by atoms with Gasteiger partial charge in [0.05, 0.1) is 6.54 Å². The molecule has 3 heteroatoms. The second-order valence-corrected chi connectivity index (χ2v) is 4.45. The second kappa shape index (κ2) is 4.13. The van der Waals surface area contributed by atoms with Gasteiger partial charge >= 0.3 is 0 Å². The van der Waals surface area contributed by atoms with Gasteiger partial charge in [0.15, 0.2) is 6.10 Å². The Labute approximate surface area is 96.8 Å². The average molecular weight is 299 g/mol. The van der Waals surface area contributed by atoms with E-state index >= 15 is 0 Å². The van der Waals surface area contributed by atoms with E-state index in [1.807, 2.05) is 30.3 Å². The van der Waals surface area contributed by atoms with Crippen molar-refractivity contribution in [2.45, 2.75) is 6.10 Å². The number of nitrogens with zero attached hydrogens (tertiary/aromatic N) is 1. The van der Waals surface area contributed by atoms with Crippen LogP contribution in [0.2, 0.25) is 0 Å². The maximum atomic E-state index is 5.65. The van der Waals surface area contributed by atoms with Crippen LogP contribution in [0, 0.1) is 0 Å². The van der Waals surface area contributed by atoms with Gasteiger partial charge in [0.25, 0.3) is 0 Å². The summed E-state index contributed by atoms with van der Waals surface area (Å²) in [5, 5.41) is 0. The van der Waals surface area contributed by atoms with E-state index in [0.717, 1.165) is 15.0 Å². The molecule has 1 aliphatic heterocycles. The molecule has 0 fully saturated rings. The highest BCUT2D eigenvalue weighted by molar-refractivity contribution is 14.1. The lowest BCUT2D eigenvalue weighted by molar-refractivity contribution is 0.273. The van der Waals surface area contributed by atoms with Gasteiger partial charge in [-0.2, -0.15) is 0 Å². The van der Waals surface area contributed by atoms with Crippen LogP contribution in [-0.2, 0) is 4.74 Å². The standard InChI is InChI=1S/C11H10INO/c1-8(12)10-7-13-11(14-10)9-5-3-2-4-6-9/h2-6,10H,1,7H2/t10-/m1/s1. The number of rotatable bonds is 2. The Balaban J connectivity index is 2.13. The topological polar surface area (TPSA) is 21.6 Å². The van der Waals surface area contributed by atoms with Crippen LogP contribution < -0.4 is 0 Å². The molecule has 1 aromatic carbocycles. The molecule has 1 heterocycles. The van der Waals surface area contributed by atoms with Gasteiger partial charge in [0.2, 0.25) is 5.90 Å². The average Bonchev–Trinajstić information content (AvgIpc) is 2.68. The SMILES string of the molecule is C=C(I)[C@H]1CN=C(c2ccccc2)O1. The van der Waals surface area contributed by atoms with Crippen molar-refractivity contribution in [1.29, 1.82) is 0 Å². The minimum absolute atomic E-state index is 0.0470. The summed E-state index contributed by atoms with van der Waals surface area (Å²) in [6.45, 7) is 4.54. The van der Waals surface area contributed by atoms with Crippen LogP contribution >= 0.6 is 22.6 Å². The summed E-state index contributed by atoms with van der Waals surface area (Å²) in [6.07, 6.45) is 0.0470. The van der Waals surface area contributed by atoms with Gasteiger partial charge in [-0.3, -0.25) is 0 Å². The normalized spacial score (nSPS) is 20.1. The molecule has 1 atom stereocenters. The first-order valence-electron chi connectivity index (χ1n) is 4.38. The van der Waals surface area contributed by atoms with Gasteiger partial charge in [-0.05, 0) is 34.7 Å². The van der Waals surface area contributed by atoms with Crippen LogP contribution in [0.5, 0.6) is 0 Å². The molecule has 14 heavy (non-hydrogen) atoms. The van der Waals surface area contributed by atoms with E-state index in [2.05, 4.69) is 34.2 Å². The monoisotopic (exact) mass is 299 g/mol. The van der Waals surface area contributed by atoms with Crippen molar-refractivity contribution in [2.24, 2.45) is 4.99 Å². The molecule has 2 nitrogen and oxygen atoms in total. The first kappa shape index (κ1) is 9.71. The fourth-order valence-corrected chi connectivity index (χ4v) is 1.60. The summed E-state index contributed by atoms with van der Waals surface area (Å²) in [5.74, 6) is 0.730. The van der Waals surface area contributed by atoms with E-state index in [0.29, 0.717) is 6.54 Å². The Morgan fingerprint density at radius 1 is 1.43 bits per heavy atom. The van der Waals surface area contributed by atoms with Crippen molar-refractivity contribution < 1.29 is 4.74 Å². The molecule has 0 spiro atoms. The zero-order valence-corrected chi connectivity index (χ0v) is 9.77. The first-order valence-corrected chi connectivity index (χ1v) is 5.46. The maximum absolute atomic E-state index is 5.65. The third-order valence-electron chi connectivity index (χ3n) is 2.02. The summed E-state index contributed by atoms with van der Waals surface area (Å²) in [6, 6.07) is 9.93. The predicted molar refractivity (Wildman–Crippen MR) is 65.9 cm³/mol. The molecular weight excluding hydrogens is 289 g/mol. The van der Waals surface area contributed by atoms with Crippen LogP contribution in [-0.4, -0.2) is 18.5 Å². The van der Waals surface area contributed by atoms with E-state index in [9.17, 15) is 0 Å². The van der Waals surface area contributed by atoms with Crippen LogP contribution in [0.3, 0.4) is 0 Å². The van der Waals surface area contributed by atoms with Crippen LogP contribution in [0.15, 0.2) is 45.5 Å². The van der Waals surface area contributed by atoms with Gasteiger partial charge in [-0.25, -0.2) is 4.99 Å². The Morgan fingerprint density at radius 2 is 2.14 bits per heavy atom. The highest BCUT2D eigenvalue weighted by Crippen LogP contribution is 2.20. The molecule has 0 amide bonds. The molecule has 1 aromatic rings. The van der Waals surface area contributed by atoms with Gasteiger partial charge in [-0.15, -0.1) is 0 Å². The number of halogens is 1. The lowest BCUT2D eigenvalue weighted by atomic mass is 10.2. The summed E-state index contributed by atoms with van der Waals surface area (Å²) < 4.78 is 6.65. The summed E-state index contributed by atoms with van der Waals surface area (Å²) in [5.41, 5.74) is 1.03. The third-order valence-corrected chi connectivity index (χ3v) is 2.72. The molecule has 0 aliphatic carbocycles. The molecule has 2 rings (SSSR count). The summed E-state index contributed by atoms with van der Waals surface area (Å²) >= 11 is 2.18. The van der Waals surface area contributed by atoms with Crippen LogP contribution in [0.1, 0.15) is 5.56 Å². The highest BCUT2D eigenvalue weighted by Gasteiger charge is 2.21. The Hall–Kier alpha value is -0.840. The van der Waals surface area contributed by atoms with E-state index < -0.39 is 0 Å².